The van der Waals surface area contributed by atoms with Gasteiger partial charge in [0.25, 0.3) is 0 Å². The van der Waals surface area contributed by atoms with Gasteiger partial charge in [-0.1, -0.05) is 6.92 Å². The van der Waals surface area contributed by atoms with Crippen LogP contribution in [0.2, 0.25) is 0 Å². The van der Waals surface area contributed by atoms with Crippen LogP contribution in [-0.4, -0.2) is 14.6 Å². The minimum absolute atomic E-state index is 0. The summed E-state index contributed by atoms with van der Waals surface area (Å²) in [5, 5.41) is 18.6. The lowest BCUT2D eigenvalue weighted by atomic mass is 10.2. The highest BCUT2D eigenvalue weighted by Gasteiger charge is 2.76. The van der Waals surface area contributed by atoms with Gasteiger partial charge in [0.1, 0.15) is 6.54 Å². The van der Waals surface area contributed by atoms with Crippen LogP contribution in [0.25, 0.3) is 0 Å². The van der Waals surface area contributed by atoms with Crippen LogP contribution in [0.15, 0.2) is 12.3 Å². The summed E-state index contributed by atoms with van der Waals surface area (Å²) in [5.74, 6) is -0.0431. The fourth-order valence-electron chi connectivity index (χ4n) is 7.66. The van der Waals surface area contributed by atoms with Crippen LogP contribution in [0.1, 0.15) is 19.5 Å². The van der Waals surface area contributed by atoms with Crippen molar-refractivity contribution >= 4 is 753 Å². The highest BCUT2D eigenvalue weighted by atomic mass is 35.5. The molecule has 3 nitrogen and oxygen atoms in total. The van der Waals surface area contributed by atoms with E-state index in [4.69, 9.17) is 0 Å². The molecule has 98 heteroatoms. The van der Waals surface area contributed by atoms with Crippen molar-refractivity contribution < 1.29 is 27.2 Å². The number of hydrogen-bond donors (Lipinski definition) is 2. The summed E-state index contributed by atoms with van der Waals surface area (Å²) >= 11 is 0. The fourth-order valence-corrected chi connectivity index (χ4v) is 1200. The summed E-state index contributed by atoms with van der Waals surface area (Å²) in [4.78, 5) is 0. The largest absolute Gasteiger partial charge is 1.00 e. The average molecular weight is 3230 g/mol. The molecule has 0 aliphatic carbocycles. The van der Waals surface area contributed by atoms with E-state index in [1.54, 1.807) is 6.20 Å². The molecule has 0 aliphatic heterocycles. The molecule has 1 rings (SSSR count). The first-order valence-electron chi connectivity index (χ1n) is 25.9. The van der Waals surface area contributed by atoms with Crippen molar-refractivity contribution in [2.45, 2.75) is 31.2 Å². The molecule has 0 amide bonds. The third-order valence-electron chi connectivity index (χ3n) is 10.8. The molecule has 0 aromatic carbocycles. The van der Waals surface area contributed by atoms with E-state index in [9.17, 15) is 10.2 Å². The predicted molar refractivity (Wildman–Crippen MR) is 835 cm³/mol. The molecule has 0 saturated carbocycles. The second-order valence-electron chi connectivity index (χ2n) is 18.1. The minimum Gasteiger partial charge on any atom is -1.00 e. The number of aromatic nitrogens is 1. The maximum Gasteiger partial charge on any atom is 0.227 e. The zero-order chi connectivity index (χ0) is 84.6. The summed E-state index contributed by atoms with van der Waals surface area (Å²) in [5.41, 5.74) is 0.775. The van der Waals surface area contributed by atoms with E-state index in [0.717, 1.165) is 12.2 Å². The zero-order valence-electron chi connectivity index (χ0n) is 56.7. The van der Waals surface area contributed by atoms with Crippen LogP contribution >= 0.6 is 753 Å². The van der Waals surface area contributed by atoms with Gasteiger partial charge in [-0.15, -0.1) is 437 Å². The Morgan fingerprint density at radius 1 is 0.241 bits per heavy atom. The molecular formula is C10H112ClNO2P94. The molecule has 1 aromatic heterocycles. The summed E-state index contributed by atoms with van der Waals surface area (Å²) in [6, 6.07) is 1.50. The molecule has 0 fully saturated rings. The molecule has 2 N–H and O–H groups in total. The summed E-state index contributed by atoms with van der Waals surface area (Å²) in [7, 11) is 184. The van der Waals surface area contributed by atoms with E-state index in [1.165, 1.54) is 6.07 Å². The molecule has 1 aromatic rings. The van der Waals surface area contributed by atoms with E-state index in [0.29, 0.717) is 6.42 Å². The first-order chi connectivity index (χ1) is 48.8. The van der Waals surface area contributed by atoms with Gasteiger partial charge < -0.3 is 22.6 Å². The average Bonchev–Trinajstić information content (AvgIpc) is 0.674. The van der Waals surface area contributed by atoms with E-state index in [1.807, 2.05) is 18.4 Å². The van der Waals surface area contributed by atoms with Crippen molar-refractivity contribution in [1.82, 2.24) is 0 Å². The maximum atomic E-state index is 9.44. The van der Waals surface area contributed by atoms with Crippen molar-refractivity contribution in [2.24, 2.45) is 0 Å². The van der Waals surface area contributed by atoms with Gasteiger partial charge in [-0.25, -0.2) is 0 Å². The molecule has 52 unspecified atom stereocenters. The van der Waals surface area contributed by atoms with Crippen LogP contribution in [0.5, 0.6) is 11.5 Å². The van der Waals surface area contributed by atoms with Gasteiger partial charge in [-0.05, 0) is 323 Å². The van der Waals surface area contributed by atoms with Crippen molar-refractivity contribution in [1.29, 1.82) is 0 Å². The number of aromatic hydroxyl groups is 2. The number of halogens is 1. The minimum atomic E-state index is -0.763. The summed E-state index contributed by atoms with van der Waals surface area (Å²) in [6.45, 7) is -16.0. The van der Waals surface area contributed by atoms with Gasteiger partial charge in [0, 0.05) is 12.5 Å². The Hall–Kier alpha value is 39.5. The van der Waals surface area contributed by atoms with Gasteiger partial charge in [0.05, 0.1) is 4.38 Å². The van der Waals surface area contributed by atoms with E-state index in [-0.39, 0.29) is 28.3 Å². The molecule has 1 heterocycles. The van der Waals surface area contributed by atoms with Crippen LogP contribution < -0.4 is 17.0 Å². The van der Waals surface area contributed by atoms with Crippen LogP contribution in [0.3, 0.4) is 0 Å². The Kier molecular flexibility index (Phi) is 111. The van der Waals surface area contributed by atoms with Crippen LogP contribution in [-0.2, 0) is 13.0 Å². The lowest BCUT2D eigenvalue weighted by Crippen LogP contribution is -3.00. The SMILES string of the molecule is CCc1c(O)c(O)cc[n+]1CC.PP(P)P(P)P(P(P)P)P(P(P(P)P)P(P)P)C(P(P(P(P)P)P(P)P)P(P(P)P)P(P)P)(P(P(P(P(P)P)P(P)P)P(P(P)P)P(P)P)P(P(P(P)P)P(P)P)P(P(P)P)P(P)P)P(P(P(P(P)P)P(P)P)P(P(P)P)P(P)P)P(P(P(P)P)P(P)P)P(P(P)P)P(P)P.[Cl-]. The molecule has 0 bridgehead atoms. The maximum absolute atomic E-state index is 9.44. The van der Waals surface area contributed by atoms with Gasteiger partial charge in [-0.3, -0.25) is 0 Å². The Balaban J connectivity index is 0. The second kappa shape index (κ2) is 80.3. The first kappa shape index (κ1) is 149. The van der Waals surface area contributed by atoms with Gasteiger partial charge >= 0.3 is 0 Å². The number of rotatable bonds is 47. The standard InChI is InChI=1S/C9H13NO2.CH98P94.ClH/c1-3-7-9(12)8(11)5-6-10(7)4-2;2-55(3)79(50)83(62(16)17)52(82(60(12)13)61(14)15)1(51(80(56(4)5)57(6)7)81(58(8)9)59(10)11,53(84(88(63(18)19)64(20)21)89(65(22)23)66(24)25)85(90(67(26)27)68(28)29)91(69(30)31)70(32)33)54(86(92(71(34)35)72(36)37)93(73(38)39)74(40)41)87(94(75(42)43)76(44)45)95(77(46)47)78(48)49;/h5-6,12H,3-4H2,1-2H3;2-50H2;1H. The van der Waals surface area contributed by atoms with E-state index >= 15 is 0 Å². The second-order valence-corrected chi connectivity index (χ2v) is 396. The lowest BCUT2D eigenvalue weighted by Gasteiger charge is -2.71. The van der Waals surface area contributed by atoms with Gasteiger partial charge in [0.2, 0.25) is 11.4 Å². The molecule has 646 valence electrons. The van der Waals surface area contributed by atoms with E-state index in [2.05, 4.69) is 437 Å². The summed E-state index contributed by atoms with van der Waals surface area (Å²) < 4.78 is 2.12. The molecule has 52 atom stereocenters. The highest BCUT2D eigenvalue weighted by molar-refractivity contribution is 9.47. The van der Waals surface area contributed by atoms with Crippen molar-refractivity contribution in [3.63, 3.8) is 0 Å². The van der Waals surface area contributed by atoms with E-state index < -0.39 is 316 Å². The molecular weight excluding hydrogens is 3110 g/mol. The monoisotopic (exact) mass is 3230 g/mol. The summed E-state index contributed by atoms with van der Waals surface area (Å²) in [6.07, 6.45) is 2.49. The van der Waals surface area contributed by atoms with Crippen molar-refractivity contribution in [2.75, 3.05) is 0 Å². The quantitative estimate of drug-likeness (QED) is 0.0505. The molecule has 0 radical (unpaired) electrons. The predicted octanol–water partition coefficient (Wildman–Crippen LogP) is 52.5. The number of hydrogen-bond acceptors (Lipinski definition) is 2. The Morgan fingerprint density at radius 2 is 0.398 bits per heavy atom. The lowest BCUT2D eigenvalue weighted by molar-refractivity contribution is -0.701. The number of nitrogens with zero attached hydrogens (tertiary/aromatic N) is 1. The molecule has 0 aliphatic rings. The number of pyridine rings is 1. The molecule has 0 saturated heterocycles. The Morgan fingerprint density at radius 3 is 0.537 bits per heavy atom. The third-order valence-corrected chi connectivity index (χ3v) is 625. The van der Waals surface area contributed by atoms with Gasteiger partial charge in [0.15, 0.2) is 11.9 Å². The zero-order valence-corrected chi connectivity index (χ0v) is 154. The van der Waals surface area contributed by atoms with Crippen LogP contribution in [0.4, 0.5) is 0 Å². The number of aryl methyl sites for hydroxylation is 1. The fraction of sp³-hybridized carbons (Fsp3) is 0.500. The Labute approximate surface area is 828 Å². The van der Waals surface area contributed by atoms with Crippen molar-refractivity contribution in [3.8, 4) is 11.5 Å². The topological polar surface area (TPSA) is 44.3 Å². The highest BCUT2D eigenvalue weighted by Crippen LogP contribution is 3.51. The van der Waals surface area contributed by atoms with Crippen molar-refractivity contribution in [3.05, 3.63) is 18.0 Å². The smallest absolute Gasteiger partial charge is 0.227 e. The van der Waals surface area contributed by atoms with Gasteiger partial charge in [-0.2, -0.15) is 4.57 Å². The first-order valence-corrected chi connectivity index (χ1v) is 194. The van der Waals surface area contributed by atoms with Crippen LogP contribution in [0, 0.1) is 0 Å². The third kappa shape index (κ3) is 49.2. The normalized spacial score (nSPS) is 14.9. The molecule has 108 heavy (non-hydrogen) atoms. The molecule has 0 spiro atoms. The Bertz CT molecular complexity index is 2170.